The van der Waals surface area contributed by atoms with Gasteiger partial charge in [-0.3, -0.25) is 14.4 Å². The van der Waals surface area contributed by atoms with Gasteiger partial charge < -0.3 is 15.4 Å². The molecule has 162 valence electrons. The quantitative estimate of drug-likeness (QED) is 0.307. The zero-order valence-electron chi connectivity index (χ0n) is 17.3. The first-order valence-electron chi connectivity index (χ1n) is 9.80. The number of amides is 2. The van der Waals surface area contributed by atoms with E-state index in [9.17, 15) is 14.4 Å². The van der Waals surface area contributed by atoms with Crippen molar-refractivity contribution in [2.75, 3.05) is 5.32 Å². The lowest BCUT2D eigenvalue weighted by Crippen LogP contribution is -2.20. The lowest BCUT2D eigenvalue weighted by molar-refractivity contribution is -0.131. The Kier molecular flexibility index (Phi) is 7.78. The molecule has 7 heteroatoms. The topological polar surface area (TPSA) is 84.5 Å². The molecule has 0 aliphatic rings. The minimum Gasteiger partial charge on any atom is -0.427 e. The number of hydrogen-bond donors (Lipinski definition) is 2. The molecular formula is C25H21ClN2O4. The van der Waals surface area contributed by atoms with E-state index in [2.05, 4.69) is 10.6 Å². The smallest absolute Gasteiger partial charge is 0.308 e. The maximum atomic E-state index is 12.5. The third-order valence-corrected chi connectivity index (χ3v) is 4.67. The Morgan fingerprint density at radius 2 is 1.75 bits per heavy atom. The Balaban J connectivity index is 1.58. The number of anilines is 1. The van der Waals surface area contributed by atoms with Crippen LogP contribution in [-0.4, -0.2) is 17.8 Å². The number of carbonyl (C=O) groups excluding carboxylic acids is 3. The van der Waals surface area contributed by atoms with Crippen molar-refractivity contribution < 1.29 is 19.1 Å². The second-order valence-corrected chi connectivity index (χ2v) is 7.26. The summed E-state index contributed by atoms with van der Waals surface area (Å²) in [5.74, 6) is -0.769. The second-order valence-electron chi connectivity index (χ2n) is 6.85. The Morgan fingerprint density at radius 1 is 0.969 bits per heavy atom. The molecule has 32 heavy (non-hydrogen) atoms. The molecule has 0 atom stereocenters. The molecule has 2 amide bonds. The third kappa shape index (κ3) is 6.82. The summed E-state index contributed by atoms with van der Waals surface area (Å²) < 4.78 is 5.01. The highest BCUT2D eigenvalue weighted by Gasteiger charge is 2.09. The predicted octanol–water partition coefficient (Wildman–Crippen LogP) is 4.85. The van der Waals surface area contributed by atoms with Crippen LogP contribution in [0, 0.1) is 0 Å². The Morgan fingerprint density at radius 3 is 2.53 bits per heavy atom. The molecule has 3 aromatic carbocycles. The number of nitrogens with one attached hydrogen (secondary N) is 2. The van der Waals surface area contributed by atoms with Gasteiger partial charge in [-0.25, -0.2) is 0 Å². The lowest BCUT2D eigenvalue weighted by Gasteiger charge is -2.09. The van der Waals surface area contributed by atoms with Gasteiger partial charge in [-0.15, -0.1) is 0 Å². The number of ether oxygens (including phenoxy) is 1. The summed E-state index contributed by atoms with van der Waals surface area (Å²) in [6.45, 7) is 1.58. The van der Waals surface area contributed by atoms with Gasteiger partial charge in [-0.05, 0) is 53.6 Å². The monoisotopic (exact) mass is 448 g/mol. The summed E-state index contributed by atoms with van der Waals surface area (Å²) in [6, 6.07) is 20.7. The fourth-order valence-corrected chi connectivity index (χ4v) is 3.05. The van der Waals surface area contributed by atoms with E-state index in [4.69, 9.17) is 16.3 Å². The maximum absolute atomic E-state index is 12.5. The number of benzene rings is 3. The van der Waals surface area contributed by atoms with Gasteiger partial charge in [0.25, 0.3) is 5.91 Å². The molecule has 6 nitrogen and oxygen atoms in total. The molecule has 0 aromatic heterocycles. The van der Waals surface area contributed by atoms with E-state index in [1.165, 1.54) is 19.1 Å². The normalized spacial score (nSPS) is 10.6. The summed E-state index contributed by atoms with van der Waals surface area (Å²) in [5, 5.41) is 6.16. The van der Waals surface area contributed by atoms with E-state index in [0.717, 1.165) is 11.1 Å². The van der Waals surface area contributed by atoms with Gasteiger partial charge >= 0.3 is 5.97 Å². The average Bonchev–Trinajstić information content (AvgIpc) is 2.77. The van der Waals surface area contributed by atoms with Crippen LogP contribution < -0.4 is 15.4 Å². The standard InChI is InChI=1S/C25H21ClN2O4/c1-17(29)32-22-10-5-8-20(15-22)25(31)28-21-9-4-6-18(14-21)16-27-24(30)13-12-19-7-2-3-11-23(19)26/h2-15H,16H2,1H3,(H,27,30)(H,28,31)/b13-12+. The van der Waals surface area contributed by atoms with Crippen LogP contribution in [0.25, 0.3) is 6.08 Å². The highest BCUT2D eigenvalue weighted by molar-refractivity contribution is 6.32. The van der Waals surface area contributed by atoms with E-state index in [-0.39, 0.29) is 18.4 Å². The maximum Gasteiger partial charge on any atom is 0.308 e. The van der Waals surface area contributed by atoms with Gasteiger partial charge in [-0.2, -0.15) is 0 Å². The third-order valence-electron chi connectivity index (χ3n) is 4.33. The molecule has 0 unspecified atom stereocenters. The first-order valence-corrected chi connectivity index (χ1v) is 10.2. The van der Waals surface area contributed by atoms with Crippen LogP contribution >= 0.6 is 11.6 Å². The van der Waals surface area contributed by atoms with Crippen LogP contribution in [0.15, 0.2) is 78.9 Å². The Hall–Kier alpha value is -3.90. The van der Waals surface area contributed by atoms with Crippen molar-refractivity contribution >= 4 is 41.1 Å². The molecule has 0 radical (unpaired) electrons. The minimum atomic E-state index is -0.459. The molecule has 3 rings (SSSR count). The van der Waals surface area contributed by atoms with E-state index in [1.54, 1.807) is 48.5 Å². The SMILES string of the molecule is CC(=O)Oc1cccc(C(=O)Nc2cccc(CNC(=O)/C=C/c3ccccc3Cl)c2)c1. The molecule has 0 bridgehead atoms. The molecular weight excluding hydrogens is 428 g/mol. The molecule has 0 aliphatic heterocycles. The van der Waals surface area contributed by atoms with Gasteiger partial charge in [-0.1, -0.05) is 48.0 Å². The van der Waals surface area contributed by atoms with Crippen LogP contribution in [0.3, 0.4) is 0 Å². The number of carbonyl (C=O) groups is 3. The van der Waals surface area contributed by atoms with E-state index in [0.29, 0.717) is 22.0 Å². The van der Waals surface area contributed by atoms with E-state index < -0.39 is 5.97 Å². The summed E-state index contributed by atoms with van der Waals surface area (Å²) in [7, 11) is 0. The number of hydrogen-bond acceptors (Lipinski definition) is 4. The second kappa shape index (κ2) is 10.9. The lowest BCUT2D eigenvalue weighted by atomic mass is 10.1. The Bertz CT molecular complexity index is 1170. The predicted molar refractivity (Wildman–Crippen MR) is 124 cm³/mol. The molecule has 0 spiro atoms. The molecule has 0 fully saturated rings. The molecule has 0 heterocycles. The summed E-state index contributed by atoms with van der Waals surface area (Å²) in [5.41, 5.74) is 2.50. The van der Waals surface area contributed by atoms with Gasteiger partial charge in [0.15, 0.2) is 0 Å². The molecule has 2 N–H and O–H groups in total. The molecule has 3 aromatic rings. The van der Waals surface area contributed by atoms with Crippen molar-refractivity contribution in [2.45, 2.75) is 13.5 Å². The molecule has 0 saturated heterocycles. The van der Waals surface area contributed by atoms with Crippen LogP contribution in [0.2, 0.25) is 5.02 Å². The molecule has 0 saturated carbocycles. The van der Waals surface area contributed by atoms with Crippen molar-refractivity contribution in [3.05, 3.63) is 101 Å². The van der Waals surface area contributed by atoms with Crippen LogP contribution in [0.5, 0.6) is 5.75 Å². The van der Waals surface area contributed by atoms with Gasteiger partial charge in [0.05, 0.1) is 0 Å². The summed E-state index contributed by atoms with van der Waals surface area (Å²) >= 11 is 6.08. The van der Waals surface area contributed by atoms with Crippen molar-refractivity contribution in [3.8, 4) is 5.75 Å². The summed E-state index contributed by atoms with van der Waals surface area (Å²) in [4.78, 5) is 35.7. The van der Waals surface area contributed by atoms with Crippen molar-refractivity contribution in [1.29, 1.82) is 0 Å². The van der Waals surface area contributed by atoms with Crippen LogP contribution in [0.4, 0.5) is 5.69 Å². The zero-order chi connectivity index (χ0) is 22.9. The van der Waals surface area contributed by atoms with Gasteiger partial charge in [0.1, 0.15) is 5.75 Å². The van der Waals surface area contributed by atoms with Gasteiger partial charge in [0, 0.05) is 35.8 Å². The highest BCUT2D eigenvalue weighted by atomic mass is 35.5. The highest BCUT2D eigenvalue weighted by Crippen LogP contribution is 2.17. The van der Waals surface area contributed by atoms with E-state index >= 15 is 0 Å². The average molecular weight is 449 g/mol. The van der Waals surface area contributed by atoms with Crippen molar-refractivity contribution in [3.63, 3.8) is 0 Å². The first kappa shape index (κ1) is 22.8. The Labute approximate surface area is 190 Å². The molecule has 0 aliphatic carbocycles. The first-order chi connectivity index (χ1) is 15.4. The fraction of sp³-hybridized carbons (Fsp3) is 0.0800. The minimum absolute atomic E-state index is 0.262. The largest absolute Gasteiger partial charge is 0.427 e. The van der Waals surface area contributed by atoms with Crippen molar-refractivity contribution in [1.82, 2.24) is 5.32 Å². The van der Waals surface area contributed by atoms with Crippen LogP contribution in [0.1, 0.15) is 28.4 Å². The fourth-order valence-electron chi connectivity index (χ4n) is 2.85. The number of halogens is 1. The number of rotatable bonds is 7. The van der Waals surface area contributed by atoms with E-state index in [1.807, 2.05) is 24.3 Å². The van der Waals surface area contributed by atoms with Crippen molar-refractivity contribution in [2.24, 2.45) is 0 Å². The zero-order valence-corrected chi connectivity index (χ0v) is 18.1. The number of esters is 1. The van der Waals surface area contributed by atoms with Crippen LogP contribution in [-0.2, 0) is 16.1 Å². The summed E-state index contributed by atoms with van der Waals surface area (Å²) in [6.07, 6.45) is 3.07. The van der Waals surface area contributed by atoms with Gasteiger partial charge in [0.2, 0.25) is 5.91 Å².